The zero-order valence-electron chi connectivity index (χ0n) is 11.5. The number of carbonyl (C=O) groups excluding carboxylic acids is 2. The zero-order chi connectivity index (χ0) is 15.0. The van der Waals surface area contributed by atoms with Crippen molar-refractivity contribution in [3.63, 3.8) is 0 Å². The summed E-state index contributed by atoms with van der Waals surface area (Å²) < 4.78 is 10.7. The van der Waals surface area contributed by atoms with Gasteiger partial charge in [0.1, 0.15) is 5.57 Å². The number of hydrogen-bond donors (Lipinski definition) is 0. The SMILES string of the molecule is CCOC(=O)C(=CCc1ccc(Br)cc1)C(=O)OCC. The van der Waals surface area contributed by atoms with Crippen LogP contribution in [0.5, 0.6) is 0 Å². The van der Waals surface area contributed by atoms with Crippen molar-refractivity contribution in [2.75, 3.05) is 13.2 Å². The number of ether oxygens (including phenoxy) is 2. The van der Waals surface area contributed by atoms with Crippen LogP contribution in [0.4, 0.5) is 0 Å². The average Bonchev–Trinajstić information content (AvgIpc) is 2.42. The van der Waals surface area contributed by atoms with Crippen LogP contribution in [-0.2, 0) is 25.5 Å². The predicted molar refractivity (Wildman–Crippen MR) is 79.2 cm³/mol. The van der Waals surface area contributed by atoms with E-state index in [-0.39, 0.29) is 18.8 Å². The molecule has 0 aliphatic rings. The Morgan fingerprint density at radius 2 is 1.55 bits per heavy atom. The standard InChI is InChI=1S/C15H17BrO4/c1-3-19-14(17)13(15(18)20-4-2)10-7-11-5-8-12(16)9-6-11/h5-6,8-10H,3-4,7H2,1-2H3. The van der Waals surface area contributed by atoms with Gasteiger partial charge in [0.2, 0.25) is 0 Å². The summed E-state index contributed by atoms with van der Waals surface area (Å²) in [7, 11) is 0. The maximum atomic E-state index is 11.7. The summed E-state index contributed by atoms with van der Waals surface area (Å²) in [6.07, 6.45) is 2.00. The van der Waals surface area contributed by atoms with Crippen LogP contribution < -0.4 is 0 Å². The van der Waals surface area contributed by atoms with Crippen molar-refractivity contribution in [1.82, 2.24) is 0 Å². The molecule has 0 aromatic heterocycles. The maximum Gasteiger partial charge on any atom is 0.345 e. The summed E-state index contributed by atoms with van der Waals surface area (Å²) >= 11 is 3.35. The Balaban J connectivity index is 2.86. The lowest BCUT2D eigenvalue weighted by Gasteiger charge is -2.06. The highest BCUT2D eigenvalue weighted by Crippen LogP contribution is 2.12. The molecule has 1 aromatic rings. The number of rotatable bonds is 6. The highest BCUT2D eigenvalue weighted by atomic mass is 79.9. The van der Waals surface area contributed by atoms with Gasteiger partial charge < -0.3 is 9.47 Å². The van der Waals surface area contributed by atoms with Gasteiger partial charge in [-0.15, -0.1) is 0 Å². The molecule has 0 radical (unpaired) electrons. The number of allylic oxidation sites excluding steroid dienone is 1. The molecule has 0 amide bonds. The minimum absolute atomic E-state index is 0.0587. The molecule has 0 atom stereocenters. The van der Waals surface area contributed by atoms with Crippen molar-refractivity contribution in [2.45, 2.75) is 20.3 Å². The first kappa shape index (κ1) is 16.4. The van der Waals surface area contributed by atoms with Crippen molar-refractivity contribution in [1.29, 1.82) is 0 Å². The summed E-state index contributed by atoms with van der Waals surface area (Å²) in [6, 6.07) is 7.62. The van der Waals surface area contributed by atoms with Gasteiger partial charge in [-0.3, -0.25) is 0 Å². The number of halogens is 1. The normalized spacial score (nSPS) is 9.75. The van der Waals surface area contributed by atoms with Crippen LogP contribution in [0.2, 0.25) is 0 Å². The second-order valence-corrected chi connectivity index (χ2v) is 4.81. The molecule has 20 heavy (non-hydrogen) atoms. The monoisotopic (exact) mass is 340 g/mol. The Labute approximate surface area is 126 Å². The van der Waals surface area contributed by atoms with Gasteiger partial charge in [-0.1, -0.05) is 34.1 Å². The molecule has 0 unspecified atom stereocenters. The van der Waals surface area contributed by atoms with E-state index in [9.17, 15) is 9.59 Å². The Bertz CT molecular complexity index is 471. The van der Waals surface area contributed by atoms with E-state index in [4.69, 9.17) is 9.47 Å². The van der Waals surface area contributed by atoms with Crippen LogP contribution in [0.1, 0.15) is 19.4 Å². The molecule has 0 aliphatic carbocycles. The van der Waals surface area contributed by atoms with Gasteiger partial charge in [0.25, 0.3) is 0 Å². The minimum atomic E-state index is -0.650. The first-order valence-electron chi connectivity index (χ1n) is 6.37. The Morgan fingerprint density at radius 1 is 1.05 bits per heavy atom. The van der Waals surface area contributed by atoms with Gasteiger partial charge in [0.15, 0.2) is 0 Å². The van der Waals surface area contributed by atoms with E-state index in [1.165, 1.54) is 0 Å². The van der Waals surface area contributed by atoms with Gasteiger partial charge in [-0.25, -0.2) is 9.59 Å². The fraction of sp³-hybridized carbons (Fsp3) is 0.333. The number of carbonyl (C=O) groups is 2. The summed E-state index contributed by atoms with van der Waals surface area (Å²) in [5.74, 6) is -1.30. The topological polar surface area (TPSA) is 52.6 Å². The number of esters is 2. The third-order valence-corrected chi connectivity index (χ3v) is 2.97. The van der Waals surface area contributed by atoms with Gasteiger partial charge >= 0.3 is 11.9 Å². The van der Waals surface area contributed by atoms with E-state index in [1.54, 1.807) is 19.9 Å². The molecule has 0 N–H and O–H groups in total. The molecule has 0 saturated carbocycles. The first-order valence-corrected chi connectivity index (χ1v) is 7.16. The van der Waals surface area contributed by atoms with Crippen LogP contribution in [0.15, 0.2) is 40.4 Å². The molecule has 0 bridgehead atoms. The van der Waals surface area contributed by atoms with E-state index >= 15 is 0 Å². The largest absolute Gasteiger partial charge is 0.462 e. The van der Waals surface area contributed by atoms with E-state index in [2.05, 4.69) is 15.9 Å². The van der Waals surface area contributed by atoms with Crippen LogP contribution >= 0.6 is 15.9 Å². The van der Waals surface area contributed by atoms with Crippen molar-refractivity contribution in [3.8, 4) is 0 Å². The van der Waals surface area contributed by atoms with Crippen molar-refractivity contribution < 1.29 is 19.1 Å². The maximum absolute atomic E-state index is 11.7. The highest BCUT2D eigenvalue weighted by Gasteiger charge is 2.20. The second-order valence-electron chi connectivity index (χ2n) is 3.89. The molecule has 0 aliphatic heterocycles. The molecular weight excluding hydrogens is 324 g/mol. The van der Waals surface area contributed by atoms with E-state index in [1.807, 2.05) is 24.3 Å². The third-order valence-electron chi connectivity index (χ3n) is 2.45. The Kier molecular flexibility index (Phi) is 7.01. The summed E-state index contributed by atoms with van der Waals surface area (Å²) in [5.41, 5.74) is 0.927. The molecule has 0 spiro atoms. The molecule has 1 aromatic carbocycles. The molecule has 0 heterocycles. The van der Waals surface area contributed by atoms with Crippen LogP contribution in [0, 0.1) is 0 Å². The zero-order valence-corrected chi connectivity index (χ0v) is 13.1. The van der Waals surface area contributed by atoms with Gasteiger partial charge in [0.05, 0.1) is 13.2 Å². The molecule has 1 rings (SSSR count). The number of hydrogen-bond acceptors (Lipinski definition) is 4. The molecule has 5 heteroatoms. The highest BCUT2D eigenvalue weighted by molar-refractivity contribution is 9.10. The minimum Gasteiger partial charge on any atom is -0.462 e. The molecule has 0 saturated heterocycles. The van der Waals surface area contributed by atoms with Crippen LogP contribution in [-0.4, -0.2) is 25.2 Å². The summed E-state index contributed by atoms with van der Waals surface area (Å²) in [6.45, 7) is 3.81. The van der Waals surface area contributed by atoms with Crippen molar-refractivity contribution in [2.24, 2.45) is 0 Å². The molecule has 4 nitrogen and oxygen atoms in total. The summed E-state index contributed by atoms with van der Waals surface area (Å²) in [4.78, 5) is 23.5. The van der Waals surface area contributed by atoms with E-state index in [0.717, 1.165) is 10.0 Å². The van der Waals surface area contributed by atoms with Crippen molar-refractivity contribution >= 4 is 27.9 Å². The number of benzene rings is 1. The quantitative estimate of drug-likeness (QED) is 0.345. The van der Waals surface area contributed by atoms with Gasteiger partial charge in [-0.05, 0) is 38.0 Å². The molecule has 108 valence electrons. The van der Waals surface area contributed by atoms with Crippen LogP contribution in [0.3, 0.4) is 0 Å². The lowest BCUT2D eigenvalue weighted by atomic mass is 10.1. The lowest BCUT2D eigenvalue weighted by molar-refractivity contribution is -0.146. The second kappa shape index (κ2) is 8.53. The third kappa shape index (κ3) is 5.17. The smallest absolute Gasteiger partial charge is 0.345 e. The summed E-state index contributed by atoms with van der Waals surface area (Å²) in [5, 5.41) is 0. The first-order chi connectivity index (χ1) is 9.58. The Hall–Kier alpha value is -1.62. The van der Waals surface area contributed by atoms with Gasteiger partial charge in [0, 0.05) is 4.47 Å². The fourth-order valence-electron chi connectivity index (χ4n) is 1.51. The Morgan fingerprint density at radius 3 is 2.00 bits per heavy atom. The van der Waals surface area contributed by atoms with E-state index in [0.29, 0.717) is 6.42 Å². The van der Waals surface area contributed by atoms with Gasteiger partial charge in [-0.2, -0.15) is 0 Å². The predicted octanol–water partition coefficient (Wildman–Crippen LogP) is 3.04. The van der Waals surface area contributed by atoms with Crippen molar-refractivity contribution in [3.05, 3.63) is 46.0 Å². The fourth-order valence-corrected chi connectivity index (χ4v) is 1.77. The molecular formula is C15H17BrO4. The molecule has 0 fully saturated rings. The van der Waals surface area contributed by atoms with Crippen LogP contribution in [0.25, 0.3) is 0 Å². The lowest BCUT2D eigenvalue weighted by Crippen LogP contribution is -2.18. The average molecular weight is 341 g/mol. The van der Waals surface area contributed by atoms with E-state index < -0.39 is 11.9 Å².